The van der Waals surface area contributed by atoms with Crippen molar-refractivity contribution in [3.63, 3.8) is 0 Å². The summed E-state index contributed by atoms with van der Waals surface area (Å²) in [5.41, 5.74) is 0.789. The van der Waals surface area contributed by atoms with Crippen molar-refractivity contribution in [2.45, 2.75) is 32.7 Å². The van der Waals surface area contributed by atoms with E-state index < -0.39 is 18.8 Å². The van der Waals surface area contributed by atoms with Crippen molar-refractivity contribution in [2.75, 3.05) is 5.01 Å². The van der Waals surface area contributed by atoms with Gasteiger partial charge in [-0.1, -0.05) is 37.0 Å². The molecule has 3 atom stereocenters. The normalized spacial score (nSPS) is 24.5. The highest BCUT2D eigenvalue weighted by Gasteiger charge is 2.29. The molecule has 0 bridgehead atoms. The van der Waals surface area contributed by atoms with Crippen molar-refractivity contribution in [3.05, 3.63) is 45.8 Å². The Morgan fingerprint density at radius 1 is 1.21 bits per heavy atom. The number of rotatable bonds is 5. The molecule has 2 aliphatic heterocycles. The van der Waals surface area contributed by atoms with Gasteiger partial charge in [-0.3, -0.25) is 4.79 Å². The molecule has 2 heterocycles. The monoisotopic (exact) mass is 442 g/mol. The number of carbonyl (C=O) groups excluding carboxylic acids is 1. The summed E-state index contributed by atoms with van der Waals surface area (Å²) in [6, 6.07) is 2.88. The summed E-state index contributed by atoms with van der Waals surface area (Å²) in [4.78, 5) is 11.0. The average Bonchev–Trinajstić information content (AvgIpc) is 2.65. The lowest BCUT2D eigenvalue weighted by atomic mass is 9.99. The molecule has 0 spiro atoms. The third-order valence-corrected chi connectivity index (χ3v) is 4.87. The molecule has 0 aliphatic carbocycles. The van der Waals surface area contributed by atoms with Gasteiger partial charge in [0.2, 0.25) is 6.35 Å². The summed E-state index contributed by atoms with van der Waals surface area (Å²) >= 11 is 12.6. The number of halogens is 2. The van der Waals surface area contributed by atoms with Crippen LogP contribution in [0.2, 0.25) is 10.0 Å². The second kappa shape index (κ2) is 8.70. The van der Waals surface area contributed by atoms with Gasteiger partial charge in [0.05, 0.1) is 15.7 Å². The van der Waals surface area contributed by atoms with Gasteiger partial charge in [-0.05, 0) is 29.7 Å². The number of hydrogen-bond acceptors (Lipinski definition) is 9. The first-order valence-electron chi connectivity index (χ1n) is 8.69. The summed E-state index contributed by atoms with van der Waals surface area (Å²) < 4.78 is 5.79. The van der Waals surface area contributed by atoms with E-state index in [1.807, 2.05) is 13.8 Å². The number of aldehydes is 1. The predicted octanol–water partition coefficient (Wildman–Crippen LogP) is 1.28. The summed E-state index contributed by atoms with van der Waals surface area (Å²) in [5.74, 6) is 0.658. The molecule has 1 aromatic rings. The van der Waals surface area contributed by atoms with Crippen LogP contribution in [0.15, 0.2) is 40.8 Å². The quantitative estimate of drug-likeness (QED) is 0.431. The van der Waals surface area contributed by atoms with Gasteiger partial charge < -0.3 is 25.4 Å². The van der Waals surface area contributed by atoms with E-state index in [9.17, 15) is 20.1 Å². The lowest BCUT2D eigenvalue weighted by Crippen LogP contribution is -2.56. The van der Waals surface area contributed by atoms with Gasteiger partial charge in [0.1, 0.15) is 17.7 Å². The Morgan fingerprint density at radius 3 is 2.45 bits per heavy atom. The highest BCUT2D eigenvalue weighted by molar-refractivity contribution is 6.37. The van der Waals surface area contributed by atoms with Gasteiger partial charge in [-0.15, -0.1) is 0 Å². The van der Waals surface area contributed by atoms with E-state index >= 15 is 0 Å². The summed E-state index contributed by atoms with van der Waals surface area (Å²) in [7, 11) is 0. The fraction of sp³-hybridized carbons (Fsp3) is 0.333. The van der Waals surface area contributed by atoms with Crippen molar-refractivity contribution in [2.24, 2.45) is 11.0 Å². The molecule has 5 N–H and O–H groups in total. The molecule has 0 fully saturated rings. The van der Waals surface area contributed by atoms with E-state index in [4.69, 9.17) is 27.9 Å². The molecule has 9 nitrogen and oxygen atoms in total. The number of dihydropyridines is 1. The van der Waals surface area contributed by atoms with Crippen LogP contribution in [0, 0.1) is 5.92 Å². The van der Waals surface area contributed by atoms with Gasteiger partial charge >= 0.3 is 0 Å². The number of ether oxygens (including phenoxy) is 1. The zero-order valence-corrected chi connectivity index (χ0v) is 17.0. The zero-order valence-electron chi connectivity index (χ0n) is 15.5. The summed E-state index contributed by atoms with van der Waals surface area (Å²) in [6.45, 7) is 3.88. The topological polar surface area (TPSA) is 127 Å². The van der Waals surface area contributed by atoms with Crippen LogP contribution in [0.1, 0.15) is 13.8 Å². The van der Waals surface area contributed by atoms with Crippen molar-refractivity contribution in [1.29, 1.82) is 0 Å². The Hall–Kier alpha value is -2.14. The van der Waals surface area contributed by atoms with Crippen LogP contribution in [-0.4, -0.2) is 46.1 Å². The SMILES string of the molecule is CC(C)C1=CC(Oc2c(Cl)cc(N3N=C(C=O)C(O)NC3O)cc2Cl)=CNC1O. The average molecular weight is 443 g/mol. The summed E-state index contributed by atoms with van der Waals surface area (Å²) in [5, 5.41) is 40.1. The minimum Gasteiger partial charge on any atom is -0.453 e. The molecule has 0 saturated carbocycles. The Labute approximate surface area is 176 Å². The Bertz CT molecular complexity index is 879. The minimum atomic E-state index is -1.41. The molecule has 0 radical (unpaired) electrons. The van der Waals surface area contributed by atoms with E-state index in [2.05, 4.69) is 15.7 Å². The first-order chi connectivity index (χ1) is 13.7. The molecule has 0 aromatic heterocycles. The first kappa shape index (κ1) is 21.6. The van der Waals surface area contributed by atoms with Crippen molar-refractivity contribution in [1.82, 2.24) is 10.6 Å². The molecule has 3 unspecified atom stereocenters. The smallest absolute Gasteiger partial charge is 0.206 e. The fourth-order valence-corrected chi connectivity index (χ4v) is 3.35. The molecule has 0 amide bonds. The number of nitrogens with zero attached hydrogens (tertiary/aromatic N) is 2. The maximum atomic E-state index is 11.0. The fourth-order valence-electron chi connectivity index (χ4n) is 2.80. The number of carbonyl (C=O) groups is 1. The number of aliphatic hydroxyl groups is 3. The van der Waals surface area contributed by atoms with E-state index in [0.29, 0.717) is 12.0 Å². The first-order valence-corrected chi connectivity index (χ1v) is 9.44. The number of nitrogens with one attached hydrogen (secondary N) is 2. The molecule has 3 rings (SSSR count). The second-order valence-corrected chi connectivity index (χ2v) is 7.50. The highest BCUT2D eigenvalue weighted by atomic mass is 35.5. The van der Waals surface area contributed by atoms with E-state index in [1.54, 1.807) is 6.08 Å². The van der Waals surface area contributed by atoms with Gasteiger partial charge in [-0.2, -0.15) is 5.10 Å². The van der Waals surface area contributed by atoms with Gasteiger partial charge in [0.25, 0.3) is 0 Å². The molecular formula is C18H20Cl2N4O5. The van der Waals surface area contributed by atoms with E-state index in [0.717, 1.165) is 10.6 Å². The lowest BCUT2D eigenvalue weighted by Gasteiger charge is -2.32. The number of hydrogen-bond donors (Lipinski definition) is 5. The third kappa shape index (κ3) is 4.55. The van der Waals surface area contributed by atoms with Crippen molar-refractivity contribution < 1.29 is 24.9 Å². The van der Waals surface area contributed by atoms with Crippen LogP contribution in [0.3, 0.4) is 0 Å². The van der Waals surface area contributed by atoms with Gasteiger partial charge in [-0.25, -0.2) is 10.3 Å². The van der Waals surface area contributed by atoms with Crippen LogP contribution in [0.25, 0.3) is 0 Å². The molecule has 2 aliphatic rings. The molecule has 1 aromatic carbocycles. The third-order valence-electron chi connectivity index (χ3n) is 4.30. The van der Waals surface area contributed by atoms with E-state index in [1.165, 1.54) is 18.3 Å². The Balaban J connectivity index is 1.89. The maximum absolute atomic E-state index is 11.0. The predicted molar refractivity (Wildman–Crippen MR) is 108 cm³/mol. The molecule has 0 saturated heterocycles. The van der Waals surface area contributed by atoms with Crippen LogP contribution >= 0.6 is 23.2 Å². The Kier molecular flexibility index (Phi) is 6.47. The van der Waals surface area contributed by atoms with Crippen molar-refractivity contribution in [3.8, 4) is 5.75 Å². The minimum absolute atomic E-state index is 0.0893. The molecule has 156 valence electrons. The number of allylic oxidation sites excluding steroid dienone is 1. The standard InChI is InChI=1S/C18H20Cl2N4O5/c1-8(2)11-5-10(6-21-16(11)26)29-15-12(19)3-9(4-13(15)20)24-18(28)22-17(27)14(7-25)23-24/h3-8,16-18,21-22,26-28H,1-2H3. The van der Waals surface area contributed by atoms with Crippen LogP contribution in [0.4, 0.5) is 5.69 Å². The molecule has 11 heteroatoms. The second-order valence-electron chi connectivity index (χ2n) is 6.69. The van der Waals surface area contributed by atoms with Crippen LogP contribution in [-0.2, 0) is 4.79 Å². The van der Waals surface area contributed by atoms with E-state index in [-0.39, 0.29) is 33.1 Å². The van der Waals surface area contributed by atoms with Crippen molar-refractivity contribution >= 4 is 40.9 Å². The van der Waals surface area contributed by atoms with Crippen LogP contribution in [0.5, 0.6) is 5.75 Å². The highest BCUT2D eigenvalue weighted by Crippen LogP contribution is 2.39. The van der Waals surface area contributed by atoms with Gasteiger partial charge in [0, 0.05) is 6.20 Å². The number of aliphatic hydroxyl groups excluding tert-OH is 3. The number of hydrazone groups is 1. The summed E-state index contributed by atoms with van der Waals surface area (Å²) in [6.07, 6.45) is -0.0351. The maximum Gasteiger partial charge on any atom is 0.206 e. The molecular weight excluding hydrogens is 423 g/mol. The number of anilines is 1. The number of benzene rings is 1. The molecule has 29 heavy (non-hydrogen) atoms. The largest absolute Gasteiger partial charge is 0.453 e. The lowest BCUT2D eigenvalue weighted by molar-refractivity contribution is -0.103. The zero-order chi connectivity index (χ0) is 21.3. The Morgan fingerprint density at radius 2 is 1.86 bits per heavy atom. The van der Waals surface area contributed by atoms with Crippen LogP contribution < -0.4 is 20.4 Å². The van der Waals surface area contributed by atoms with Gasteiger partial charge in [0.15, 0.2) is 18.3 Å².